The van der Waals surface area contributed by atoms with Crippen molar-refractivity contribution in [2.75, 3.05) is 11.5 Å². The summed E-state index contributed by atoms with van der Waals surface area (Å²) in [6.45, 7) is 2.81. The lowest BCUT2D eigenvalue weighted by Crippen LogP contribution is -2.11. The third-order valence-electron chi connectivity index (χ3n) is 2.49. The summed E-state index contributed by atoms with van der Waals surface area (Å²) in [6.07, 6.45) is -2.06. The van der Waals surface area contributed by atoms with Crippen LogP contribution in [0.2, 0.25) is 0 Å². The average molecular weight is 241 g/mol. The zero-order chi connectivity index (χ0) is 13.3. The molecule has 1 rings (SSSR count). The Bertz CT molecular complexity index is 457. The third-order valence-corrected chi connectivity index (χ3v) is 2.49. The fourth-order valence-electron chi connectivity index (χ4n) is 1.72. The zero-order valence-corrected chi connectivity index (χ0v) is 9.54. The van der Waals surface area contributed by atoms with Gasteiger partial charge in [0.25, 0.3) is 5.69 Å². The lowest BCUT2D eigenvalue weighted by molar-refractivity contribution is -0.385. The van der Waals surface area contributed by atoms with Gasteiger partial charge >= 0.3 is 0 Å². The van der Waals surface area contributed by atoms with E-state index in [1.54, 1.807) is 0 Å². The lowest BCUT2D eigenvalue weighted by Gasteiger charge is -2.16. The minimum Gasteiger partial charge on any atom is -0.398 e. The molecule has 0 aliphatic heterocycles. The molecular weight excluding hydrogens is 226 g/mol. The normalized spacial score (nSPS) is 14.4. The molecule has 7 nitrogen and oxygen atoms in total. The number of nitrogens with zero attached hydrogens (tertiary/aromatic N) is 1. The smallest absolute Gasteiger partial charge is 0.299 e. The highest BCUT2D eigenvalue weighted by molar-refractivity contribution is 5.75. The maximum Gasteiger partial charge on any atom is 0.299 e. The molecule has 0 amide bonds. The first-order chi connectivity index (χ1) is 7.77. The monoisotopic (exact) mass is 241 g/mol. The van der Waals surface area contributed by atoms with Crippen molar-refractivity contribution in [3.63, 3.8) is 0 Å². The number of rotatable bonds is 3. The van der Waals surface area contributed by atoms with Crippen molar-refractivity contribution in [2.45, 2.75) is 26.1 Å². The first kappa shape index (κ1) is 13.2. The molecule has 0 aliphatic rings. The van der Waals surface area contributed by atoms with Crippen LogP contribution in [0, 0.1) is 10.1 Å². The van der Waals surface area contributed by atoms with Gasteiger partial charge in [-0.2, -0.15) is 0 Å². The minimum absolute atomic E-state index is 0.00380. The number of nitrogens with two attached hydrogens (primary N) is 2. The summed E-state index contributed by atoms with van der Waals surface area (Å²) in [5, 5.41) is 29.9. The SMILES string of the molecule is CC(O)c1cc(N)c([N+](=O)[O-])c(C(C)O)c1N. The number of hydrogen-bond donors (Lipinski definition) is 4. The molecular formula is C10H15N3O4. The van der Waals surface area contributed by atoms with E-state index in [0.29, 0.717) is 0 Å². The van der Waals surface area contributed by atoms with E-state index in [9.17, 15) is 20.3 Å². The fraction of sp³-hybridized carbons (Fsp3) is 0.400. The highest BCUT2D eigenvalue weighted by Gasteiger charge is 2.27. The van der Waals surface area contributed by atoms with Gasteiger partial charge < -0.3 is 21.7 Å². The van der Waals surface area contributed by atoms with Crippen molar-refractivity contribution in [2.24, 2.45) is 0 Å². The van der Waals surface area contributed by atoms with Crippen LogP contribution in [0.4, 0.5) is 17.1 Å². The molecule has 6 N–H and O–H groups in total. The van der Waals surface area contributed by atoms with Crippen molar-refractivity contribution in [1.29, 1.82) is 0 Å². The van der Waals surface area contributed by atoms with Gasteiger partial charge in [-0.05, 0) is 19.9 Å². The number of nitro groups is 1. The van der Waals surface area contributed by atoms with E-state index < -0.39 is 22.8 Å². The van der Waals surface area contributed by atoms with Crippen LogP contribution < -0.4 is 11.5 Å². The number of aliphatic hydroxyl groups is 2. The molecule has 0 spiro atoms. The Morgan fingerprint density at radius 2 is 1.82 bits per heavy atom. The topological polar surface area (TPSA) is 136 Å². The van der Waals surface area contributed by atoms with Crippen LogP contribution in [-0.4, -0.2) is 15.1 Å². The Morgan fingerprint density at radius 1 is 1.29 bits per heavy atom. The third kappa shape index (κ3) is 2.29. The minimum atomic E-state index is -1.14. The molecule has 0 fully saturated rings. The molecule has 0 bridgehead atoms. The summed E-state index contributed by atoms with van der Waals surface area (Å²) in [4.78, 5) is 10.2. The second-order valence-corrected chi connectivity index (χ2v) is 3.84. The predicted molar refractivity (Wildman–Crippen MR) is 63.2 cm³/mol. The van der Waals surface area contributed by atoms with Gasteiger partial charge in [-0.1, -0.05) is 0 Å². The second-order valence-electron chi connectivity index (χ2n) is 3.84. The predicted octanol–water partition coefficient (Wildman–Crippen LogP) is 0.866. The van der Waals surface area contributed by atoms with Gasteiger partial charge in [0.2, 0.25) is 0 Å². The van der Waals surface area contributed by atoms with Crippen LogP contribution in [0.3, 0.4) is 0 Å². The van der Waals surface area contributed by atoms with Crippen molar-refractivity contribution in [3.05, 3.63) is 27.3 Å². The van der Waals surface area contributed by atoms with E-state index in [-0.39, 0.29) is 22.5 Å². The average Bonchev–Trinajstić information content (AvgIpc) is 2.18. The number of anilines is 2. The summed E-state index contributed by atoms with van der Waals surface area (Å²) >= 11 is 0. The van der Waals surface area contributed by atoms with Gasteiger partial charge in [0, 0.05) is 5.56 Å². The number of aliphatic hydroxyl groups excluding tert-OH is 2. The largest absolute Gasteiger partial charge is 0.398 e. The van der Waals surface area contributed by atoms with Crippen LogP contribution in [-0.2, 0) is 0 Å². The van der Waals surface area contributed by atoms with E-state index in [1.165, 1.54) is 19.9 Å². The van der Waals surface area contributed by atoms with Crippen molar-refractivity contribution in [3.8, 4) is 0 Å². The maximum atomic E-state index is 10.9. The van der Waals surface area contributed by atoms with Gasteiger partial charge in [0.1, 0.15) is 5.69 Å². The maximum absolute atomic E-state index is 10.9. The van der Waals surface area contributed by atoms with E-state index in [4.69, 9.17) is 11.5 Å². The van der Waals surface area contributed by atoms with Gasteiger partial charge in [-0.3, -0.25) is 10.1 Å². The molecule has 7 heteroatoms. The van der Waals surface area contributed by atoms with Gasteiger partial charge in [0.05, 0.1) is 28.4 Å². The Kier molecular flexibility index (Phi) is 3.54. The molecule has 0 aliphatic carbocycles. The molecule has 17 heavy (non-hydrogen) atoms. The Balaban J connectivity index is 3.65. The summed E-state index contributed by atoms with van der Waals surface area (Å²) < 4.78 is 0. The highest BCUT2D eigenvalue weighted by Crippen LogP contribution is 2.39. The van der Waals surface area contributed by atoms with Crippen LogP contribution in [0.25, 0.3) is 0 Å². The molecule has 1 aromatic carbocycles. The second kappa shape index (κ2) is 4.56. The summed E-state index contributed by atoms with van der Waals surface area (Å²) in [7, 11) is 0. The molecule has 2 unspecified atom stereocenters. The first-order valence-corrected chi connectivity index (χ1v) is 4.99. The van der Waals surface area contributed by atoms with Crippen molar-refractivity contribution >= 4 is 17.1 Å². The van der Waals surface area contributed by atoms with Gasteiger partial charge in [0.15, 0.2) is 0 Å². The highest BCUT2D eigenvalue weighted by atomic mass is 16.6. The van der Waals surface area contributed by atoms with Gasteiger partial charge in [-0.25, -0.2) is 0 Å². The van der Waals surface area contributed by atoms with Crippen molar-refractivity contribution < 1.29 is 15.1 Å². The lowest BCUT2D eigenvalue weighted by atomic mass is 9.97. The van der Waals surface area contributed by atoms with Gasteiger partial charge in [-0.15, -0.1) is 0 Å². The summed E-state index contributed by atoms with van der Waals surface area (Å²) in [5.74, 6) is 0. The first-order valence-electron chi connectivity index (χ1n) is 4.99. The van der Waals surface area contributed by atoms with E-state index in [2.05, 4.69) is 0 Å². The Labute approximate surface area is 97.8 Å². The number of nitro benzene ring substituents is 1. The molecule has 2 atom stereocenters. The van der Waals surface area contributed by atoms with Crippen LogP contribution in [0.15, 0.2) is 6.07 Å². The van der Waals surface area contributed by atoms with E-state index >= 15 is 0 Å². The molecule has 0 saturated carbocycles. The standard InChI is InChI=1S/C10H15N3O4/c1-4(14)6-3-7(11)10(13(16)17)8(5(2)15)9(6)12/h3-5,14-15H,11-12H2,1-2H3. The summed E-state index contributed by atoms with van der Waals surface area (Å²) in [5.41, 5.74) is 10.9. The molecule has 94 valence electrons. The van der Waals surface area contributed by atoms with Crippen LogP contribution in [0.1, 0.15) is 37.2 Å². The molecule has 0 aromatic heterocycles. The molecule has 0 heterocycles. The number of nitrogen functional groups attached to an aromatic ring is 2. The fourth-order valence-corrected chi connectivity index (χ4v) is 1.72. The van der Waals surface area contributed by atoms with Crippen LogP contribution in [0.5, 0.6) is 0 Å². The molecule has 1 aromatic rings. The number of benzene rings is 1. The number of hydrogen-bond acceptors (Lipinski definition) is 6. The molecule has 0 radical (unpaired) electrons. The summed E-state index contributed by atoms with van der Waals surface area (Å²) in [6, 6.07) is 1.25. The molecule has 0 saturated heterocycles. The van der Waals surface area contributed by atoms with Crippen molar-refractivity contribution in [1.82, 2.24) is 0 Å². The zero-order valence-electron chi connectivity index (χ0n) is 9.54. The van der Waals surface area contributed by atoms with E-state index in [0.717, 1.165) is 0 Å². The Hall–Kier alpha value is -1.86. The van der Waals surface area contributed by atoms with Crippen LogP contribution >= 0.6 is 0 Å². The Morgan fingerprint density at radius 3 is 2.18 bits per heavy atom. The quantitative estimate of drug-likeness (QED) is 0.352. The van der Waals surface area contributed by atoms with E-state index in [1.807, 2.05) is 0 Å².